The molecular weight excluding hydrogens is 844 g/mol. The second-order valence-corrected chi connectivity index (χ2v) is 15.8. The molecule has 3 aliphatic rings. The van der Waals surface area contributed by atoms with Crippen LogP contribution in [-0.2, 0) is 66.8 Å². The smallest absolute Gasteiger partial charge is 0.336 e. The molecule has 15 N–H and O–H groups in total. The third-order valence-corrected chi connectivity index (χ3v) is 10.7. The average molecular weight is 905 g/mol. The number of hydrogen-bond donors (Lipinski definition) is 12. The van der Waals surface area contributed by atoms with Gasteiger partial charge in [0, 0.05) is 32.1 Å². The summed E-state index contributed by atoms with van der Waals surface area (Å²) in [6.45, 7) is 5.44. The monoisotopic (exact) mass is 904 g/mol. The Morgan fingerprint density at radius 1 is 0.778 bits per heavy atom. The highest BCUT2D eigenvalue weighted by Gasteiger charge is 2.57. The number of carboxylic acids is 1. The van der Waals surface area contributed by atoms with Crippen molar-refractivity contribution in [3.63, 3.8) is 0 Å². The molecule has 0 radical (unpaired) electrons. The Morgan fingerprint density at radius 3 is 1.97 bits per heavy atom. The first kappa shape index (κ1) is 52.4. The van der Waals surface area contributed by atoms with E-state index in [1.165, 1.54) is 27.7 Å². The lowest BCUT2D eigenvalue weighted by atomic mass is 9.78. The second kappa shape index (κ2) is 23.7. The highest BCUT2D eigenvalue weighted by Crippen LogP contribution is 2.40. The molecular formula is C37H60N8O18. The molecule has 3 rings (SSSR count). The number of fused-ring (bicyclic) bond motifs is 2. The van der Waals surface area contributed by atoms with Gasteiger partial charge in [0.15, 0.2) is 12.6 Å². The number of carbonyl (C=O) groups is 9. The molecule has 356 valence electrons. The van der Waals surface area contributed by atoms with Gasteiger partial charge in [-0.05, 0) is 39.5 Å². The zero-order chi connectivity index (χ0) is 47.5. The minimum atomic E-state index is -1.69. The SMILES string of the molecule is CC(=O)N[C@H]1[C@H](O[C@H]2[C@H](C(C)C(=O)N[C@@H](C)C(=O)N[C@H](CCC(N)=O)C(=O)NC(CCCC(N)C(=O)O)C(=O)OC(=O)[C@@H](C)N)[C@@H](NC(C)=O)[C@@H]3OC[C@H]2O3)O[C@H](CO)[C@@H](O)[C@@H]1O. The van der Waals surface area contributed by atoms with E-state index in [1.807, 2.05) is 0 Å². The number of carbonyl (C=O) groups excluding carboxylic acids is 8. The number of primary amides is 1. The number of ether oxygens (including phenoxy) is 5. The number of hydrogen-bond acceptors (Lipinski definition) is 19. The van der Waals surface area contributed by atoms with E-state index in [0.717, 1.165) is 6.92 Å². The van der Waals surface area contributed by atoms with Crippen LogP contribution in [-0.4, -0.2) is 172 Å². The first-order valence-electron chi connectivity index (χ1n) is 20.2. The zero-order valence-electron chi connectivity index (χ0n) is 35.4. The van der Waals surface area contributed by atoms with Gasteiger partial charge >= 0.3 is 17.9 Å². The van der Waals surface area contributed by atoms with Crippen LogP contribution >= 0.6 is 0 Å². The van der Waals surface area contributed by atoms with Crippen molar-refractivity contribution in [3.05, 3.63) is 0 Å². The first-order valence-corrected chi connectivity index (χ1v) is 20.2. The Morgan fingerprint density at radius 2 is 1.40 bits per heavy atom. The molecule has 0 saturated carbocycles. The summed E-state index contributed by atoms with van der Waals surface area (Å²) in [4.78, 5) is 114. The minimum Gasteiger partial charge on any atom is -0.480 e. The van der Waals surface area contributed by atoms with Crippen LogP contribution < -0.4 is 43.8 Å². The Balaban J connectivity index is 1.85. The van der Waals surface area contributed by atoms with Gasteiger partial charge in [-0.3, -0.25) is 33.6 Å². The molecule has 63 heavy (non-hydrogen) atoms. The minimum absolute atomic E-state index is 0.0489. The van der Waals surface area contributed by atoms with E-state index in [2.05, 4.69) is 26.6 Å². The van der Waals surface area contributed by atoms with Crippen LogP contribution in [0.1, 0.15) is 66.7 Å². The van der Waals surface area contributed by atoms with Crippen molar-refractivity contribution in [1.29, 1.82) is 0 Å². The fourth-order valence-electron chi connectivity index (χ4n) is 7.24. The molecule has 3 aliphatic heterocycles. The molecule has 2 bridgehead atoms. The van der Waals surface area contributed by atoms with Crippen LogP contribution in [0, 0.1) is 11.8 Å². The Bertz CT molecular complexity index is 1690. The van der Waals surface area contributed by atoms with Gasteiger partial charge in [0.05, 0.1) is 25.4 Å². The number of amides is 6. The van der Waals surface area contributed by atoms with Crippen molar-refractivity contribution in [2.75, 3.05) is 13.2 Å². The molecule has 26 heteroatoms. The maximum absolute atomic E-state index is 14.0. The summed E-state index contributed by atoms with van der Waals surface area (Å²) in [6, 6.07) is -9.57. The lowest BCUT2D eigenvalue weighted by Gasteiger charge is -2.48. The fraction of sp³-hybridized carbons (Fsp3) is 0.757. The van der Waals surface area contributed by atoms with Gasteiger partial charge in [0.25, 0.3) is 0 Å². The van der Waals surface area contributed by atoms with Crippen molar-refractivity contribution in [2.45, 2.75) is 152 Å². The van der Waals surface area contributed by atoms with Crippen LogP contribution in [0.15, 0.2) is 0 Å². The largest absolute Gasteiger partial charge is 0.480 e. The molecule has 26 nitrogen and oxygen atoms in total. The lowest BCUT2D eigenvalue weighted by molar-refractivity contribution is -0.305. The Labute approximate surface area is 361 Å². The van der Waals surface area contributed by atoms with Crippen molar-refractivity contribution in [2.24, 2.45) is 29.0 Å². The normalized spacial score (nSPS) is 29.3. The van der Waals surface area contributed by atoms with Crippen molar-refractivity contribution in [3.8, 4) is 0 Å². The van der Waals surface area contributed by atoms with Crippen LogP contribution in [0.25, 0.3) is 0 Å². The number of nitrogens with one attached hydrogen (secondary N) is 5. The predicted octanol–water partition coefficient (Wildman–Crippen LogP) is -6.43. The topological polar surface area (TPSA) is 419 Å². The first-order chi connectivity index (χ1) is 29.5. The van der Waals surface area contributed by atoms with Gasteiger partial charge in [0.2, 0.25) is 35.4 Å². The second-order valence-electron chi connectivity index (χ2n) is 15.8. The number of carboxylic acid groups (broad SMARTS) is 1. The Hall–Kier alpha value is -4.93. The number of aliphatic hydroxyl groups excluding tert-OH is 3. The highest BCUT2D eigenvalue weighted by molar-refractivity contribution is 5.96. The number of esters is 2. The fourth-order valence-corrected chi connectivity index (χ4v) is 7.24. The maximum Gasteiger partial charge on any atom is 0.336 e. The van der Waals surface area contributed by atoms with Gasteiger partial charge in [-0.15, -0.1) is 0 Å². The summed E-state index contributed by atoms with van der Waals surface area (Å²) in [5.74, 6) is -10.8. The quantitative estimate of drug-likeness (QED) is 0.0355. The predicted molar refractivity (Wildman–Crippen MR) is 209 cm³/mol. The molecule has 3 unspecified atom stereocenters. The van der Waals surface area contributed by atoms with E-state index in [9.17, 15) is 58.5 Å². The van der Waals surface area contributed by atoms with E-state index < -0.39 is 170 Å². The zero-order valence-corrected chi connectivity index (χ0v) is 35.4. The molecule has 6 amide bonds. The van der Waals surface area contributed by atoms with Crippen molar-refractivity contribution in [1.82, 2.24) is 26.6 Å². The molecule has 3 heterocycles. The Kier molecular flexibility index (Phi) is 19.7. The van der Waals surface area contributed by atoms with Crippen LogP contribution in [0.4, 0.5) is 0 Å². The third kappa shape index (κ3) is 14.5. The average Bonchev–Trinajstić information content (AvgIpc) is 3.64. The molecule has 0 spiro atoms. The number of aliphatic carboxylic acids is 1. The van der Waals surface area contributed by atoms with Gasteiger partial charge in [-0.1, -0.05) is 6.92 Å². The number of aliphatic hydroxyl groups is 3. The van der Waals surface area contributed by atoms with Gasteiger partial charge in [0.1, 0.15) is 60.7 Å². The van der Waals surface area contributed by atoms with Crippen molar-refractivity contribution >= 4 is 53.4 Å². The summed E-state index contributed by atoms with van der Waals surface area (Å²) in [7, 11) is 0. The van der Waals surface area contributed by atoms with E-state index in [0.29, 0.717) is 0 Å². The van der Waals surface area contributed by atoms with E-state index in [4.69, 9.17) is 46.0 Å². The molecule has 0 aromatic heterocycles. The van der Waals surface area contributed by atoms with E-state index in [1.54, 1.807) is 0 Å². The summed E-state index contributed by atoms with van der Waals surface area (Å²) in [5, 5.41) is 52.8. The summed E-state index contributed by atoms with van der Waals surface area (Å²) >= 11 is 0. The van der Waals surface area contributed by atoms with Crippen LogP contribution in [0.5, 0.6) is 0 Å². The summed E-state index contributed by atoms with van der Waals surface area (Å²) in [5.41, 5.74) is 16.3. The van der Waals surface area contributed by atoms with E-state index in [-0.39, 0.29) is 25.9 Å². The maximum atomic E-state index is 14.0. The summed E-state index contributed by atoms with van der Waals surface area (Å²) < 4.78 is 28.6. The third-order valence-electron chi connectivity index (χ3n) is 10.7. The van der Waals surface area contributed by atoms with Crippen molar-refractivity contribution < 1.29 is 87.3 Å². The number of nitrogens with two attached hydrogens (primary N) is 3. The standard InChI is InChI=1S/C37H60N8O18/c1-13(24-25(42-16(4)47)36-59-12-22(61-36)29(24)62-37-26(43-17(5)48)28(51)27(50)21(11-46)60-37)30(52)41-15(3)31(53)44-19(9-10-23(40)49)32(54)45-20(8-6-7-18(39)33(55)56)35(58)63-34(57)14(2)38/h13-15,18-22,24-29,36-37,46,50-51H,6-12,38-39H2,1-5H3,(H2,40,49)(H,41,52)(H,42,47)(H,43,48)(H,44,53)(H,45,54)(H,55,56)/t13?,14-,15+,18?,19-,20?,21-,22-,24-,25-,26-,27-,28-,29-,36-,37+/m1/s1. The van der Waals surface area contributed by atoms with E-state index >= 15 is 0 Å². The number of rotatable bonds is 22. The van der Waals surface area contributed by atoms with Crippen LogP contribution in [0.2, 0.25) is 0 Å². The molecule has 0 aromatic rings. The molecule has 16 atom stereocenters. The molecule has 3 fully saturated rings. The molecule has 0 aromatic carbocycles. The lowest BCUT2D eigenvalue weighted by Crippen LogP contribution is -2.67. The van der Waals surface area contributed by atoms with Gasteiger partial charge < -0.3 is 87.9 Å². The highest BCUT2D eigenvalue weighted by atomic mass is 16.8. The van der Waals surface area contributed by atoms with Crippen LogP contribution in [0.3, 0.4) is 0 Å². The van der Waals surface area contributed by atoms with Gasteiger partial charge in [-0.2, -0.15) is 0 Å². The van der Waals surface area contributed by atoms with Gasteiger partial charge in [-0.25, -0.2) is 9.59 Å². The summed E-state index contributed by atoms with van der Waals surface area (Å²) in [6.07, 6.45) is -10.7. The molecule has 3 saturated heterocycles. The molecule has 0 aliphatic carbocycles.